The first-order chi connectivity index (χ1) is 19.2. The first-order valence-corrected chi connectivity index (χ1v) is 14.0. The predicted molar refractivity (Wildman–Crippen MR) is 156 cm³/mol. The molecule has 0 bridgehead atoms. The summed E-state index contributed by atoms with van der Waals surface area (Å²) < 4.78 is 11.8. The van der Waals surface area contributed by atoms with Gasteiger partial charge in [-0.3, -0.25) is 0 Å². The molecule has 1 aliphatic rings. The van der Waals surface area contributed by atoms with E-state index in [2.05, 4.69) is 111 Å². The molecule has 1 aliphatic carbocycles. The van der Waals surface area contributed by atoms with E-state index in [-0.39, 0.29) is 25.4 Å². The standard InChI is InChI=1S/C35H38O4/c1-3-33(38-23-21-36)25-13-17-27(18-14-25)35(28-19-15-26(16-20-28)34(4-2)39-24-22-37)31-11-7-5-9-29(31)30-10-6-8-12-32(30)35/h5-20,33-34,36-37H,3-4,21-24H2,1-2H3. The summed E-state index contributed by atoms with van der Waals surface area (Å²) in [6.45, 7) is 4.92. The molecule has 0 saturated heterocycles. The van der Waals surface area contributed by atoms with Crippen molar-refractivity contribution >= 4 is 0 Å². The van der Waals surface area contributed by atoms with Gasteiger partial charge in [-0.1, -0.05) is 111 Å². The van der Waals surface area contributed by atoms with Crippen molar-refractivity contribution < 1.29 is 19.7 Å². The highest BCUT2D eigenvalue weighted by atomic mass is 16.5. The highest BCUT2D eigenvalue weighted by Crippen LogP contribution is 2.56. The Morgan fingerprint density at radius 2 is 0.949 bits per heavy atom. The van der Waals surface area contributed by atoms with Gasteiger partial charge in [-0.15, -0.1) is 0 Å². The van der Waals surface area contributed by atoms with Gasteiger partial charge in [0.1, 0.15) is 0 Å². The van der Waals surface area contributed by atoms with Crippen LogP contribution in [-0.2, 0) is 14.9 Å². The van der Waals surface area contributed by atoms with Crippen LogP contribution in [0.3, 0.4) is 0 Å². The molecule has 0 radical (unpaired) electrons. The number of aliphatic hydroxyl groups excluding tert-OH is 2. The van der Waals surface area contributed by atoms with Crippen LogP contribution in [0.5, 0.6) is 0 Å². The minimum atomic E-state index is -0.467. The third-order valence-electron chi connectivity index (χ3n) is 7.95. The summed E-state index contributed by atoms with van der Waals surface area (Å²) in [5.74, 6) is 0. The second-order valence-electron chi connectivity index (χ2n) is 10.1. The van der Waals surface area contributed by atoms with Crippen LogP contribution in [0, 0.1) is 0 Å². The molecule has 0 spiro atoms. The maximum Gasteiger partial charge on any atom is 0.0823 e. The van der Waals surface area contributed by atoms with E-state index in [1.54, 1.807) is 0 Å². The van der Waals surface area contributed by atoms with Gasteiger partial charge in [0.25, 0.3) is 0 Å². The number of ether oxygens (including phenoxy) is 2. The third kappa shape index (κ3) is 4.94. The summed E-state index contributed by atoms with van der Waals surface area (Å²) in [4.78, 5) is 0. The van der Waals surface area contributed by atoms with E-state index < -0.39 is 5.41 Å². The van der Waals surface area contributed by atoms with Crippen LogP contribution in [0.2, 0.25) is 0 Å². The number of hydrogen-bond acceptors (Lipinski definition) is 4. The van der Waals surface area contributed by atoms with Crippen LogP contribution in [0.4, 0.5) is 0 Å². The zero-order valence-corrected chi connectivity index (χ0v) is 22.8. The maximum atomic E-state index is 9.26. The van der Waals surface area contributed by atoms with E-state index in [1.165, 1.54) is 33.4 Å². The second kappa shape index (κ2) is 12.3. The molecule has 5 rings (SSSR count). The van der Waals surface area contributed by atoms with E-state index in [1.807, 2.05) is 0 Å². The lowest BCUT2D eigenvalue weighted by atomic mass is 9.67. The molecule has 4 aromatic rings. The molecule has 0 fully saturated rings. The average Bonchev–Trinajstić information content (AvgIpc) is 3.30. The van der Waals surface area contributed by atoms with Gasteiger partial charge in [0.05, 0.1) is 44.1 Å². The topological polar surface area (TPSA) is 58.9 Å². The molecule has 2 N–H and O–H groups in total. The lowest BCUT2D eigenvalue weighted by Crippen LogP contribution is -2.28. The molecule has 4 heteroatoms. The summed E-state index contributed by atoms with van der Waals surface area (Å²) in [5.41, 5.74) is 9.25. The first-order valence-electron chi connectivity index (χ1n) is 14.0. The highest BCUT2D eigenvalue weighted by Gasteiger charge is 2.45. The van der Waals surface area contributed by atoms with Crippen LogP contribution < -0.4 is 0 Å². The van der Waals surface area contributed by atoms with Gasteiger partial charge in [-0.05, 0) is 57.3 Å². The summed E-state index contributed by atoms with van der Waals surface area (Å²) in [6, 6.07) is 35.2. The molecular weight excluding hydrogens is 484 g/mol. The quantitative estimate of drug-likeness (QED) is 0.186. The predicted octanol–water partition coefficient (Wildman–Crippen LogP) is 6.97. The molecule has 0 aliphatic heterocycles. The van der Waals surface area contributed by atoms with E-state index in [0.717, 1.165) is 24.0 Å². The number of fused-ring (bicyclic) bond motifs is 3. The molecule has 0 aromatic heterocycles. The van der Waals surface area contributed by atoms with E-state index in [9.17, 15) is 10.2 Å². The molecule has 39 heavy (non-hydrogen) atoms. The Morgan fingerprint density at radius 1 is 0.564 bits per heavy atom. The molecule has 4 nitrogen and oxygen atoms in total. The number of benzene rings is 4. The number of rotatable bonds is 12. The minimum absolute atomic E-state index is 0.0190. The van der Waals surface area contributed by atoms with Crippen molar-refractivity contribution in [2.45, 2.75) is 44.3 Å². The summed E-state index contributed by atoms with van der Waals surface area (Å²) in [7, 11) is 0. The first kappa shape index (κ1) is 27.3. The SMILES string of the molecule is CCC(OCCO)c1ccc(C2(c3ccc(C(CC)OCCO)cc3)c3ccccc3-c3ccccc32)cc1. The summed E-state index contributed by atoms with van der Waals surface area (Å²) in [6.07, 6.45) is 1.59. The van der Waals surface area contributed by atoms with Crippen molar-refractivity contribution in [2.24, 2.45) is 0 Å². The van der Waals surface area contributed by atoms with Gasteiger partial charge >= 0.3 is 0 Å². The lowest BCUT2D eigenvalue weighted by molar-refractivity contribution is 0.0257. The summed E-state index contributed by atoms with van der Waals surface area (Å²) >= 11 is 0. The smallest absolute Gasteiger partial charge is 0.0823 e. The zero-order valence-electron chi connectivity index (χ0n) is 22.8. The van der Waals surface area contributed by atoms with Gasteiger partial charge in [0, 0.05) is 0 Å². The Labute approximate surface area is 231 Å². The Bertz CT molecular complexity index is 1250. The number of aliphatic hydroxyl groups is 2. The third-order valence-corrected chi connectivity index (χ3v) is 7.95. The van der Waals surface area contributed by atoms with E-state index in [4.69, 9.17) is 9.47 Å². The molecule has 0 saturated carbocycles. The number of hydrogen-bond donors (Lipinski definition) is 2. The maximum absolute atomic E-state index is 9.26. The molecule has 0 heterocycles. The Hall–Kier alpha value is -3.28. The van der Waals surface area contributed by atoms with E-state index in [0.29, 0.717) is 13.2 Å². The van der Waals surface area contributed by atoms with Crippen LogP contribution in [0.25, 0.3) is 11.1 Å². The van der Waals surface area contributed by atoms with Crippen molar-refractivity contribution in [1.82, 2.24) is 0 Å². The van der Waals surface area contributed by atoms with Crippen molar-refractivity contribution in [3.63, 3.8) is 0 Å². The van der Waals surface area contributed by atoms with Gasteiger partial charge in [-0.2, -0.15) is 0 Å². The average molecular weight is 523 g/mol. The molecule has 2 atom stereocenters. The fourth-order valence-electron chi connectivity index (χ4n) is 6.21. The van der Waals surface area contributed by atoms with Crippen molar-refractivity contribution in [1.29, 1.82) is 0 Å². The summed E-state index contributed by atoms with van der Waals surface area (Å²) in [5, 5.41) is 18.5. The molecule has 2 unspecified atom stereocenters. The minimum Gasteiger partial charge on any atom is -0.394 e. The van der Waals surface area contributed by atoms with Crippen LogP contribution in [0.1, 0.15) is 72.3 Å². The van der Waals surface area contributed by atoms with Crippen LogP contribution in [0.15, 0.2) is 97.1 Å². The lowest BCUT2D eigenvalue weighted by Gasteiger charge is -2.34. The molecule has 0 amide bonds. The zero-order chi connectivity index (χ0) is 27.2. The van der Waals surface area contributed by atoms with Crippen molar-refractivity contribution in [3.8, 4) is 11.1 Å². The Kier molecular flexibility index (Phi) is 8.59. The molecule has 202 valence electrons. The van der Waals surface area contributed by atoms with Crippen molar-refractivity contribution in [2.75, 3.05) is 26.4 Å². The van der Waals surface area contributed by atoms with Gasteiger partial charge < -0.3 is 19.7 Å². The normalized spacial score (nSPS) is 15.0. The van der Waals surface area contributed by atoms with Gasteiger partial charge in [-0.25, -0.2) is 0 Å². The monoisotopic (exact) mass is 522 g/mol. The highest BCUT2D eigenvalue weighted by molar-refractivity contribution is 5.86. The Morgan fingerprint density at radius 3 is 1.31 bits per heavy atom. The largest absolute Gasteiger partial charge is 0.394 e. The van der Waals surface area contributed by atoms with Crippen LogP contribution >= 0.6 is 0 Å². The molecular formula is C35H38O4. The second-order valence-corrected chi connectivity index (χ2v) is 10.1. The van der Waals surface area contributed by atoms with Crippen molar-refractivity contribution in [3.05, 3.63) is 130 Å². The van der Waals surface area contributed by atoms with E-state index >= 15 is 0 Å². The van der Waals surface area contributed by atoms with Gasteiger partial charge in [0.15, 0.2) is 0 Å². The fraction of sp³-hybridized carbons (Fsp3) is 0.314. The molecule has 4 aromatic carbocycles. The fourth-order valence-corrected chi connectivity index (χ4v) is 6.21. The van der Waals surface area contributed by atoms with Gasteiger partial charge in [0.2, 0.25) is 0 Å². The Balaban J connectivity index is 1.67. The van der Waals surface area contributed by atoms with Crippen LogP contribution in [-0.4, -0.2) is 36.6 Å².